The Morgan fingerprint density at radius 2 is 1.55 bits per heavy atom. The lowest BCUT2D eigenvalue weighted by molar-refractivity contribution is -0.238. The molecule has 242 valence electrons. The molecule has 1 aromatic heterocycles. The van der Waals surface area contributed by atoms with Crippen LogP contribution in [0.5, 0.6) is 17.5 Å². The highest BCUT2D eigenvalue weighted by molar-refractivity contribution is 5.49. The fraction of sp³-hybridized carbons (Fsp3) is 0.710. The number of fused-ring (bicyclic) bond motifs is 4. The van der Waals surface area contributed by atoms with Crippen molar-refractivity contribution in [1.29, 1.82) is 0 Å². The Labute approximate surface area is 258 Å². The summed E-state index contributed by atoms with van der Waals surface area (Å²) in [5.74, 6) is 0.647. The van der Waals surface area contributed by atoms with Crippen LogP contribution in [0, 0.1) is 0 Å². The first kappa shape index (κ1) is 31.0. The van der Waals surface area contributed by atoms with E-state index in [9.17, 15) is 0 Å². The number of hydrogen-bond donors (Lipinski definition) is 2. The molecule has 5 heterocycles. The molecule has 3 saturated heterocycles. The van der Waals surface area contributed by atoms with E-state index in [1.807, 2.05) is 45.9 Å². The van der Waals surface area contributed by atoms with Crippen LogP contribution < -0.4 is 24.8 Å². The topological polar surface area (TPSA) is 137 Å². The van der Waals surface area contributed by atoms with Gasteiger partial charge >= 0.3 is 6.01 Å². The van der Waals surface area contributed by atoms with E-state index in [2.05, 4.69) is 32.5 Å². The average Bonchev–Trinajstić information content (AvgIpc) is 3.68. The van der Waals surface area contributed by atoms with Gasteiger partial charge in [-0.3, -0.25) is 0 Å². The number of hydrogen-bond acceptors (Lipinski definition) is 13. The van der Waals surface area contributed by atoms with E-state index in [1.165, 1.54) is 25.7 Å². The van der Waals surface area contributed by atoms with E-state index < -0.39 is 36.2 Å². The van der Waals surface area contributed by atoms with Crippen LogP contribution in [0.2, 0.25) is 0 Å². The average molecular weight is 616 g/mol. The molecule has 3 fully saturated rings. The van der Waals surface area contributed by atoms with Gasteiger partial charge in [0.1, 0.15) is 31.0 Å². The van der Waals surface area contributed by atoms with Gasteiger partial charge in [-0.2, -0.15) is 15.0 Å². The predicted molar refractivity (Wildman–Crippen MR) is 160 cm³/mol. The molecule has 4 aliphatic rings. The molecule has 13 heteroatoms. The second kappa shape index (κ2) is 13.2. The molecular formula is C31H45N5O8. The van der Waals surface area contributed by atoms with Crippen molar-refractivity contribution in [3.63, 3.8) is 0 Å². The quantitative estimate of drug-likeness (QED) is 0.283. The van der Waals surface area contributed by atoms with E-state index in [0.717, 1.165) is 36.4 Å². The summed E-state index contributed by atoms with van der Waals surface area (Å²) in [6.07, 6.45) is 4.85. The second-order valence-electron chi connectivity index (χ2n) is 12.5. The number of anilines is 2. The molecule has 4 aliphatic heterocycles. The Hall–Kier alpha value is -2.97. The van der Waals surface area contributed by atoms with Crippen molar-refractivity contribution in [2.24, 2.45) is 0 Å². The summed E-state index contributed by atoms with van der Waals surface area (Å²) in [4.78, 5) is 13.7. The van der Waals surface area contributed by atoms with Gasteiger partial charge in [-0.15, -0.1) is 0 Å². The van der Waals surface area contributed by atoms with Crippen LogP contribution in [0.25, 0.3) is 0 Å². The summed E-state index contributed by atoms with van der Waals surface area (Å²) < 4.78 is 48.2. The lowest BCUT2D eigenvalue weighted by atomic mass is 9.99. The van der Waals surface area contributed by atoms with Gasteiger partial charge in [0.15, 0.2) is 29.4 Å². The molecule has 1 aromatic carbocycles. The Morgan fingerprint density at radius 1 is 0.818 bits per heavy atom. The zero-order chi connectivity index (χ0) is 30.7. The molecule has 6 rings (SSSR count). The monoisotopic (exact) mass is 615 g/mol. The van der Waals surface area contributed by atoms with Gasteiger partial charge in [0.25, 0.3) is 0 Å². The largest absolute Gasteiger partial charge is 0.460 e. The molecule has 13 nitrogen and oxygen atoms in total. The van der Waals surface area contributed by atoms with Crippen molar-refractivity contribution < 1.29 is 37.9 Å². The lowest BCUT2D eigenvalue weighted by Gasteiger charge is -2.36. The number of para-hydroxylation sites is 1. The first-order valence-electron chi connectivity index (χ1n) is 15.8. The lowest BCUT2D eigenvalue weighted by Crippen LogP contribution is -2.56. The van der Waals surface area contributed by atoms with Gasteiger partial charge in [-0.25, -0.2) is 0 Å². The van der Waals surface area contributed by atoms with E-state index in [1.54, 1.807) is 0 Å². The van der Waals surface area contributed by atoms with Gasteiger partial charge < -0.3 is 48.5 Å². The van der Waals surface area contributed by atoms with Crippen LogP contribution in [0.15, 0.2) is 18.2 Å². The predicted octanol–water partition coefficient (Wildman–Crippen LogP) is 4.76. The third-order valence-corrected chi connectivity index (χ3v) is 7.97. The number of ether oxygens (including phenoxy) is 8. The van der Waals surface area contributed by atoms with Gasteiger partial charge in [0.2, 0.25) is 18.7 Å². The number of benzene rings is 1. The second-order valence-corrected chi connectivity index (χ2v) is 12.5. The van der Waals surface area contributed by atoms with Gasteiger partial charge in [-0.1, -0.05) is 51.2 Å². The molecule has 0 spiro atoms. The molecule has 5 atom stereocenters. The van der Waals surface area contributed by atoms with Crippen LogP contribution in [-0.4, -0.2) is 77.2 Å². The normalized spacial score (nSPS) is 27.5. The van der Waals surface area contributed by atoms with Crippen molar-refractivity contribution in [3.8, 4) is 17.5 Å². The summed E-state index contributed by atoms with van der Waals surface area (Å²) in [6.45, 7) is 11.2. The Bertz CT molecular complexity index is 1280. The number of unbranched alkanes of at least 4 members (excludes halogenated alkanes) is 5. The highest BCUT2D eigenvalue weighted by Gasteiger charge is 2.60. The maximum atomic E-state index is 6.30. The number of aromatic nitrogens is 3. The minimum atomic E-state index is -0.799. The van der Waals surface area contributed by atoms with Crippen molar-refractivity contribution in [2.45, 2.75) is 122 Å². The maximum Gasteiger partial charge on any atom is 0.323 e. The Morgan fingerprint density at radius 3 is 2.39 bits per heavy atom. The number of nitrogens with one attached hydrogen (secondary N) is 2. The minimum Gasteiger partial charge on any atom is -0.460 e. The van der Waals surface area contributed by atoms with E-state index in [-0.39, 0.29) is 25.5 Å². The Balaban J connectivity index is 1.14. The molecular weight excluding hydrogens is 570 g/mol. The molecule has 0 radical (unpaired) electrons. The van der Waals surface area contributed by atoms with Crippen molar-refractivity contribution in [3.05, 3.63) is 23.8 Å². The van der Waals surface area contributed by atoms with Gasteiger partial charge in [-0.05, 0) is 40.2 Å². The summed E-state index contributed by atoms with van der Waals surface area (Å²) in [5, 5.41) is 6.63. The molecule has 44 heavy (non-hydrogen) atoms. The van der Waals surface area contributed by atoms with Gasteiger partial charge in [0.05, 0.1) is 0 Å². The van der Waals surface area contributed by atoms with E-state index >= 15 is 0 Å². The summed E-state index contributed by atoms with van der Waals surface area (Å²) in [6, 6.07) is 5.95. The highest BCUT2D eigenvalue weighted by Crippen LogP contribution is 2.44. The van der Waals surface area contributed by atoms with Crippen LogP contribution in [-0.2, 0) is 30.2 Å². The molecule has 0 aliphatic carbocycles. The maximum absolute atomic E-state index is 6.30. The van der Waals surface area contributed by atoms with E-state index in [4.69, 9.17) is 37.9 Å². The third kappa shape index (κ3) is 7.28. The van der Waals surface area contributed by atoms with Crippen LogP contribution in [0.4, 0.5) is 11.9 Å². The molecule has 0 saturated carbocycles. The Kier molecular flexibility index (Phi) is 9.29. The molecule has 0 bridgehead atoms. The zero-order valence-corrected chi connectivity index (χ0v) is 26.3. The van der Waals surface area contributed by atoms with Crippen LogP contribution >= 0.6 is 0 Å². The number of rotatable bonds is 14. The SMILES string of the molecule is CCCCCCCCNc1nc(NCc2cccc3c2OCO3)nc(OC[C@H]2O[C@@H]3OC(C)(C)O[C@@H]3[C@H]3OC(C)(C)O[C@H]32)n1. The first-order chi connectivity index (χ1) is 21.2. The molecule has 0 amide bonds. The van der Waals surface area contributed by atoms with Crippen LogP contribution in [0.1, 0.15) is 78.7 Å². The molecule has 2 N–H and O–H groups in total. The standard InChI is InChI=1S/C31H45N5O8/c1-6-7-8-9-10-11-15-32-27-34-28(33-16-19-13-12-14-20-22(19)39-18-38-20)36-29(35-27)37-17-21-23-24(42-30(2,3)41-23)25-26(40-21)44-31(4,5)43-25/h12-14,21,23-26H,6-11,15-18H2,1-5H3,(H2,32,33,34,35,36)/t21-,23+,24+,25-,26-/m1/s1. The molecule has 0 unspecified atom stereocenters. The fourth-order valence-electron chi connectivity index (χ4n) is 5.97. The zero-order valence-electron chi connectivity index (χ0n) is 26.3. The summed E-state index contributed by atoms with van der Waals surface area (Å²) in [5.41, 5.74) is 0.934. The third-order valence-electron chi connectivity index (χ3n) is 7.97. The van der Waals surface area contributed by atoms with Crippen molar-refractivity contribution in [1.82, 2.24) is 15.0 Å². The summed E-state index contributed by atoms with van der Waals surface area (Å²) in [7, 11) is 0. The first-order valence-corrected chi connectivity index (χ1v) is 15.8. The highest BCUT2D eigenvalue weighted by atomic mass is 16.9. The smallest absolute Gasteiger partial charge is 0.323 e. The van der Waals surface area contributed by atoms with Crippen LogP contribution in [0.3, 0.4) is 0 Å². The van der Waals surface area contributed by atoms with Gasteiger partial charge in [0, 0.05) is 18.7 Å². The number of nitrogens with zero attached hydrogens (tertiary/aromatic N) is 3. The van der Waals surface area contributed by atoms with Crippen molar-refractivity contribution in [2.75, 3.05) is 30.6 Å². The molecule has 2 aromatic rings. The summed E-state index contributed by atoms with van der Waals surface area (Å²) >= 11 is 0. The van der Waals surface area contributed by atoms with E-state index in [0.29, 0.717) is 18.4 Å². The van der Waals surface area contributed by atoms with Crippen molar-refractivity contribution >= 4 is 11.9 Å². The fourth-order valence-corrected chi connectivity index (χ4v) is 5.97. The minimum absolute atomic E-state index is 0.116.